The van der Waals surface area contributed by atoms with Crippen molar-refractivity contribution in [1.82, 2.24) is 0 Å². The van der Waals surface area contributed by atoms with Gasteiger partial charge in [0.15, 0.2) is 0 Å². The van der Waals surface area contributed by atoms with Gasteiger partial charge in [0.2, 0.25) is 0 Å². The largest absolute Gasteiger partial charge is 0.459 e. The third-order valence-electron chi connectivity index (χ3n) is 4.28. The van der Waals surface area contributed by atoms with Crippen LogP contribution in [0.4, 0.5) is 5.69 Å². The molecule has 1 amide bonds. The number of anilines is 1. The molecule has 128 valence electrons. The second-order valence-electron chi connectivity index (χ2n) is 5.98. The topological polar surface area (TPSA) is 62.5 Å². The van der Waals surface area contributed by atoms with Gasteiger partial charge in [0.05, 0.1) is 0 Å². The normalized spacial score (nSPS) is 10.8. The lowest BCUT2D eigenvalue weighted by Gasteiger charge is -2.08. The molecule has 0 saturated carbocycles. The van der Waals surface area contributed by atoms with Crippen LogP contribution < -0.4 is 5.32 Å². The van der Waals surface area contributed by atoms with Gasteiger partial charge in [-0.15, -0.1) is 0 Å². The molecule has 26 heavy (non-hydrogen) atoms. The van der Waals surface area contributed by atoms with Gasteiger partial charge in [-0.3, -0.25) is 4.79 Å². The number of nitrogens with one attached hydrogen (secondary N) is 1. The Bertz CT molecular complexity index is 1060. The van der Waals surface area contributed by atoms with Crippen LogP contribution in [0, 0.1) is 0 Å². The Hall–Kier alpha value is -3.37. The van der Waals surface area contributed by atoms with Gasteiger partial charge in [-0.2, -0.15) is 0 Å². The van der Waals surface area contributed by atoms with E-state index in [9.17, 15) is 4.79 Å². The van der Waals surface area contributed by atoms with Crippen LogP contribution in [-0.4, -0.2) is 11.0 Å². The molecule has 0 aliphatic heterocycles. The molecule has 1 heterocycles. The molecule has 2 N–H and O–H groups in total. The lowest BCUT2D eigenvalue weighted by Crippen LogP contribution is -2.12. The van der Waals surface area contributed by atoms with Crippen LogP contribution in [0.5, 0.6) is 0 Å². The molecule has 3 aromatic carbocycles. The highest BCUT2D eigenvalue weighted by molar-refractivity contribution is 6.12. The van der Waals surface area contributed by atoms with E-state index in [0.717, 1.165) is 16.3 Å². The summed E-state index contributed by atoms with van der Waals surface area (Å²) in [5.41, 5.74) is 2.24. The molecule has 0 unspecified atom stereocenters. The molecular weight excluding hydrogens is 326 g/mol. The van der Waals surface area contributed by atoms with Crippen LogP contribution >= 0.6 is 0 Å². The number of carbonyl (C=O) groups is 1. The first-order valence-corrected chi connectivity index (χ1v) is 8.34. The number of carbonyl (C=O) groups excluding carboxylic acids is 1. The Balaban J connectivity index is 1.56. The van der Waals surface area contributed by atoms with Gasteiger partial charge in [-0.05, 0) is 53.2 Å². The quantitative estimate of drug-likeness (QED) is 0.557. The van der Waals surface area contributed by atoms with Crippen molar-refractivity contribution in [2.24, 2.45) is 0 Å². The average molecular weight is 343 g/mol. The number of aliphatic hydroxyl groups is 1. The predicted octanol–water partition coefficient (Wildman–Crippen LogP) is 4.84. The standard InChI is InChI=1S/C22H17NO3/c24-14-18-12-13-21(26-18)16-8-10-17(11-9-16)23-22(25)20-7-3-5-15-4-1-2-6-19(15)20/h1-13,24H,14H2,(H,23,25). The van der Waals surface area contributed by atoms with Gasteiger partial charge in [-0.25, -0.2) is 0 Å². The highest BCUT2D eigenvalue weighted by Gasteiger charge is 2.10. The summed E-state index contributed by atoms with van der Waals surface area (Å²) in [6.45, 7) is -0.126. The van der Waals surface area contributed by atoms with Gasteiger partial charge < -0.3 is 14.8 Å². The SMILES string of the molecule is O=C(Nc1ccc(-c2ccc(CO)o2)cc1)c1cccc2ccccc12. The van der Waals surface area contributed by atoms with Crippen molar-refractivity contribution >= 4 is 22.4 Å². The van der Waals surface area contributed by atoms with E-state index in [4.69, 9.17) is 9.52 Å². The summed E-state index contributed by atoms with van der Waals surface area (Å²) in [6, 6.07) is 24.5. The number of amides is 1. The van der Waals surface area contributed by atoms with Crippen LogP contribution in [0.2, 0.25) is 0 Å². The lowest BCUT2D eigenvalue weighted by atomic mass is 10.0. The summed E-state index contributed by atoms with van der Waals surface area (Å²) in [4.78, 5) is 12.7. The summed E-state index contributed by atoms with van der Waals surface area (Å²) in [6.07, 6.45) is 0. The number of aliphatic hydroxyl groups excluding tert-OH is 1. The molecule has 0 saturated heterocycles. The van der Waals surface area contributed by atoms with E-state index in [-0.39, 0.29) is 12.5 Å². The minimum Gasteiger partial charge on any atom is -0.459 e. The maximum atomic E-state index is 12.7. The maximum absolute atomic E-state index is 12.7. The fraction of sp³-hybridized carbons (Fsp3) is 0.0455. The van der Waals surface area contributed by atoms with Gasteiger partial charge in [-0.1, -0.05) is 36.4 Å². The first-order valence-electron chi connectivity index (χ1n) is 8.34. The van der Waals surface area contributed by atoms with Crippen LogP contribution in [0.3, 0.4) is 0 Å². The highest BCUT2D eigenvalue weighted by atomic mass is 16.4. The van der Waals surface area contributed by atoms with E-state index in [2.05, 4.69) is 5.32 Å². The van der Waals surface area contributed by atoms with Gasteiger partial charge in [0.25, 0.3) is 5.91 Å². The third-order valence-corrected chi connectivity index (χ3v) is 4.28. The molecule has 0 radical (unpaired) electrons. The van der Waals surface area contributed by atoms with E-state index in [1.165, 1.54) is 0 Å². The average Bonchev–Trinajstić information content (AvgIpc) is 3.17. The fourth-order valence-corrected chi connectivity index (χ4v) is 2.96. The van der Waals surface area contributed by atoms with Gasteiger partial charge in [0.1, 0.15) is 18.1 Å². The first-order chi connectivity index (χ1) is 12.7. The van der Waals surface area contributed by atoms with Crippen molar-refractivity contribution in [3.63, 3.8) is 0 Å². The minimum absolute atomic E-state index is 0.126. The molecule has 0 bridgehead atoms. The molecule has 4 rings (SSSR count). The number of fused-ring (bicyclic) bond motifs is 1. The monoisotopic (exact) mass is 343 g/mol. The molecule has 0 aliphatic carbocycles. The summed E-state index contributed by atoms with van der Waals surface area (Å²) in [5.74, 6) is 1.06. The number of benzene rings is 3. The molecule has 1 aromatic heterocycles. The Morgan fingerprint density at radius 1 is 0.885 bits per heavy atom. The highest BCUT2D eigenvalue weighted by Crippen LogP contribution is 2.25. The molecule has 0 aliphatic rings. The number of hydrogen-bond donors (Lipinski definition) is 2. The maximum Gasteiger partial charge on any atom is 0.256 e. The second-order valence-corrected chi connectivity index (χ2v) is 5.98. The smallest absolute Gasteiger partial charge is 0.256 e. The zero-order valence-corrected chi connectivity index (χ0v) is 14.0. The number of hydrogen-bond acceptors (Lipinski definition) is 3. The van der Waals surface area contributed by atoms with E-state index in [1.54, 1.807) is 6.07 Å². The van der Waals surface area contributed by atoms with Crippen molar-refractivity contribution in [3.8, 4) is 11.3 Å². The molecule has 0 fully saturated rings. The molecule has 4 nitrogen and oxygen atoms in total. The van der Waals surface area contributed by atoms with E-state index >= 15 is 0 Å². The van der Waals surface area contributed by atoms with Crippen LogP contribution in [0.1, 0.15) is 16.1 Å². The minimum atomic E-state index is -0.143. The van der Waals surface area contributed by atoms with Crippen molar-refractivity contribution in [2.45, 2.75) is 6.61 Å². The van der Waals surface area contributed by atoms with Crippen molar-refractivity contribution in [3.05, 3.63) is 90.2 Å². The fourth-order valence-electron chi connectivity index (χ4n) is 2.96. The zero-order valence-electron chi connectivity index (χ0n) is 14.0. The number of furan rings is 1. The van der Waals surface area contributed by atoms with E-state index < -0.39 is 0 Å². The molecule has 0 spiro atoms. The predicted molar refractivity (Wildman–Crippen MR) is 102 cm³/mol. The van der Waals surface area contributed by atoms with Crippen molar-refractivity contribution in [2.75, 3.05) is 5.32 Å². The molecule has 0 atom stereocenters. The van der Waals surface area contributed by atoms with Crippen molar-refractivity contribution < 1.29 is 14.3 Å². The lowest BCUT2D eigenvalue weighted by molar-refractivity contribution is 0.102. The summed E-state index contributed by atoms with van der Waals surface area (Å²) in [5, 5.41) is 14.0. The molecular formula is C22H17NO3. The summed E-state index contributed by atoms with van der Waals surface area (Å²) >= 11 is 0. The zero-order chi connectivity index (χ0) is 17.9. The Morgan fingerprint density at radius 3 is 2.42 bits per heavy atom. The summed E-state index contributed by atoms with van der Waals surface area (Å²) in [7, 11) is 0. The van der Waals surface area contributed by atoms with E-state index in [1.807, 2.05) is 72.8 Å². The van der Waals surface area contributed by atoms with Gasteiger partial charge in [0, 0.05) is 16.8 Å². The number of rotatable bonds is 4. The van der Waals surface area contributed by atoms with Crippen molar-refractivity contribution in [1.29, 1.82) is 0 Å². The Morgan fingerprint density at radius 2 is 1.65 bits per heavy atom. The second kappa shape index (κ2) is 6.86. The molecule has 4 heteroatoms. The Kier molecular flexibility index (Phi) is 4.25. The van der Waals surface area contributed by atoms with Crippen LogP contribution in [-0.2, 0) is 6.61 Å². The first kappa shape index (κ1) is 16.1. The molecule has 4 aromatic rings. The van der Waals surface area contributed by atoms with Crippen LogP contribution in [0.25, 0.3) is 22.1 Å². The van der Waals surface area contributed by atoms with E-state index in [0.29, 0.717) is 22.8 Å². The Labute approximate surface area is 150 Å². The summed E-state index contributed by atoms with van der Waals surface area (Å²) < 4.78 is 5.52. The third kappa shape index (κ3) is 3.10. The van der Waals surface area contributed by atoms with Crippen LogP contribution in [0.15, 0.2) is 83.3 Å². The van der Waals surface area contributed by atoms with Gasteiger partial charge >= 0.3 is 0 Å².